The van der Waals surface area contributed by atoms with E-state index in [4.69, 9.17) is 0 Å². The Labute approximate surface area is 135 Å². The van der Waals surface area contributed by atoms with Gasteiger partial charge < -0.3 is 0 Å². The monoisotopic (exact) mass is 320 g/mol. The van der Waals surface area contributed by atoms with Gasteiger partial charge in [-0.3, -0.25) is 10.2 Å². The lowest BCUT2D eigenvalue weighted by atomic mass is 9.97. The second-order valence-corrected chi connectivity index (χ2v) is 5.47. The van der Waals surface area contributed by atoms with Crippen molar-refractivity contribution in [2.75, 3.05) is 12.8 Å². The Morgan fingerprint density at radius 1 is 1.18 bits per heavy atom. The number of benzene rings is 2. The Bertz CT molecular complexity index is 587. The molecule has 2 aromatic rings. The molecule has 0 heterocycles. The van der Waals surface area contributed by atoms with E-state index in [0.29, 0.717) is 11.8 Å². The molecule has 0 atom stereocenters. The molecule has 0 saturated carbocycles. The topological polar surface area (TPSA) is 41.1 Å². The average Bonchev–Trinajstić information content (AvgIpc) is 2.55. The fraction of sp³-hybridized carbons (Fsp3) is 0.235. The van der Waals surface area contributed by atoms with Gasteiger partial charge in [0.25, 0.3) is 0 Å². The second-order valence-electron chi connectivity index (χ2n) is 4.40. The molecule has 22 heavy (non-hydrogen) atoms. The van der Waals surface area contributed by atoms with Crippen molar-refractivity contribution in [3.63, 3.8) is 0 Å². The van der Waals surface area contributed by atoms with Crippen LogP contribution in [0.5, 0.6) is 0 Å². The number of halogens is 1. The maximum Gasteiger partial charge on any atom is 0.153 e. The first-order valence-electron chi connectivity index (χ1n) is 6.98. The van der Waals surface area contributed by atoms with Gasteiger partial charge in [-0.25, -0.2) is 9.22 Å². The number of carbonyl (C=O) groups excluding carboxylic acids is 1. The molecule has 2 N–H and O–H groups in total. The van der Waals surface area contributed by atoms with E-state index in [1.807, 2.05) is 37.4 Å². The first-order valence-corrected chi connectivity index (χ1v) is 7.97. The third-order valence-electron chi connectivity index (χ3n) is 2.98. The van der Waals surface area contributed by atoms with E-state index in [9.17, 15) is 9.18 Å². The van der Waals surface area contributed by atoms with Gasteiger partial charge in [-0.15, -0.1) is 0 Å². The van der Waals surface area contributed by atoms with Crippen LogP contribution in [-0.4, -0.2) is 19.1 Å². The van der Waals surface area contributed by atoms with Crippen LogP contribution in [0.15, 0.2) is 42.5 Å². The molecule has 0 fully saturated rings. The SMILES string of the molecule is CCSNNC.Cc1c(-c2ccccc2)ccc(F)c1C=O. The third-order valence-corrected chi connectivity index (χ3v) is 3.62. The summed E-state index contributed by atoms with van der Waals surface area (Å²) in [4.78, 5) is 13.7. The molecule has 0 radical (unpaired) electrons. The summed E-state index contributed by atoms with van der Waals surface area (Å²) in [5.74, 6) is 0.632. The van der Waals surface area contributed by atoms with Gasteiger partial charge in [0.2, 0.25) is 0 Å². The number of hydrogen-bond acceptors (Lipinski definition) is 4. The van der Waals surface area contributed by atoms with Crippen LogP contribution >= 0.6 is 11.9 Å². The zero-order valence-electron chi connectivity index (χ0n) is 13.0. The Morgan fingerprint density at radius 2 is 1.86 bits per heavy atom. The lowest BCUT2D eigenvalue weighted by Gasteiger charge is -2.08. The molecule has 0 bridgehead atoms. The molecule has 3 nitrogen and oxygen atoms in total. The van der Waals surface area contributed by atoms with Gasteiger partial charge in [0.1, 0.15) is 5.82 Å². The minimum Gasteiger partial charge on any atom is -0.298 e. The summed E-state index contributed by atoms with van der Waals surface area (Å²) in [6.45, 7) is 3.85. The van der Waals surface area contributed by atoms with Crippen LogP contribution in [0.25, 0.3) is 11.1 Å². The average molecular weight is 320 g/mol. The lowest BCUT2D eigenvalue weighted by Crippen LogP contribution is -2.19. The van der Waals surface area contributed by atoms with E-state index in [0.717, 1.165) is 16.9 Å². The van der Waals surface area contributed by atoms with Crippen LogP contribution in [-0.2, 0) is 0 Å². The van der Waals surface area contributed by atoms with Gasteiger partial charge in [0.05, 0.1) is 5.56 Å². The first kappa shape index (κ1) is 18.4. The molecule has 2 aromatic carbocycles. The van der Waals surface area contributed by atoms with Crippen molar-refractivity contribution in [2.45, 2.75) is 13.8 Å². The summed E-state index contributed by atoms with van der Waals surface area (Å²) in [5, 5.41) is 0. The highest BCUT2D eigenvalue weighted by Crippen LogP contribution is 2.26. The third kappa shape index (κ3) is 5.26. The lowest BCUT2D eigenvalue weighted by molar-refractivity contribution is 0.111. The van der Waals surface area contributed by atoms with Crippen molar-refractivity contribution in [1.29, 1.82) is 0 Å². The predicted molar refractivity (Wildman–Crippen MR) is 92.3 cm³/mol. The molecule has 0 aromatic heterocycles. The van der Waals surface area contributed by atoms with Crippen molar-refractivity contribution in [2.24, 2.45) is 0 Å². The van der Waals surface area contributed by atoms with Gasteiger partial charge in [-0.1, -0.05) is 55.3 Å². The van der Waals surface area contributed by atoms with E-state index in [1.165, 1.54) is 6.07 Å². The second kappa shape index (κ2) is 10.1. The van der Waals surface area contributed by atoms with Crippen LogP contribution < -0.4 is 10.3 Å². The minimum absolute atomic E-state index is 0.140. The summed E-state index contributed by atoms with van der Waals surface area (Å²) in [6.07, 6.45) is 0.567. The number of rotatable bonds is 5. The Balaban J connectivity index is 0.000000346. The zero-order chi connectivity index (χ0) is 16.4. The summed E-state index contributed by atoms with van der Waals surface area (Å²) < 4.78 is 13.3. The normalized spacial score (nSPS) is 9.82. The Morgan fingerprint density at radius 3 is 2.36 bits per heavy atom. The maximum absolute atomic E-state index is 13.3. The highest BCUT2D eigenvalue weighted by atomic mass is 32.2. The van der Waals surface area contributed by atoms with Crippen LogP contribution in [0.1, 0.15) is 22.8 Å². The number of hydrazine groups is 1. The zero-order valence-corrected chi connectivity index (χ0v) is 13.8. The summed E-state index contributed by atoms with van der Waals surface area (Å²) in [7, 11) is 1.85. The van der Waals surface area contributed by atoms with Crippen molar-refractivity contribution in [3.8, 4) is 11.1 Å². The van der Waals surface area contributed by atoms with E-state index in [1.54, 1.807) is 24.9 Å². The fourth-order valence-corrected chi connectivity index (χ4v) is 2.20. The molecule has 0 spiro atoms. The molecule has 0 aliphatic heterocycles. The molecule has 0 aliphatic rings. The van der Waals surface area contributed by atoms with E-state index in [-0.39, 0.29) is 5.56 Å². The van der Waals surface area contributed by atoms with Gasteiger partial charge >= 0.3 is 0 Å². The molecule has 0 amide bonds. The minimum atomic E-state index is -0.466. The van der Waals surface area contributed by atoms with E-state index >= 15 is 0 Å². The largest absolute Gasteiger partial charge is 0.298 e. The van der Waals surface area contributed by atoms with Gasteiger partial charge in [-0.2, -0.15) is 0 Å². The van der Waals surface area contributed by atoms with Crippen molar-refractivity contribution in [3.05, 3.63) is 59.4 Å². The number of hydrogen-bond donors (Lipinski definition) is 2. The van der Waals surface area contributed by atoms with Crippen molar-refractivity contribution >= 4 is 18.2 Å². The number of aldehydes is 1. The van der Waals surface area contributed by atoms with Crippen LogP contribution in [0.2, 0.25) is 0 Å². The molecule has 0 unspecified atom stereocenters. The maximum atomic E-state index is 13.3. The fourth-order valence-electron chi connectivity index (χ4n) is 1.91. The van der Waals surface area contributed by atoms with E-state index in [2.05, 4.69) is 17.2 Å². The molecular weight excluding hydrogens is 299 g/mol. The molecule has 118 valence electrons. The number of carbonyl (C=O) groups is 1. The Hall–Kier alpha value is -1.69. The van der Waals surface area contributed by atoms with Crippen LogP contribution in [0.4, 0.5) is 4.39 Å². The standard InChI is InChI=1S/C14H11FO.C3H10N2S/c1-10-12(11-5-3-2-4-6-11)7-8-14(15)13(10)9-16;1-3-6-5-4-2/h2-9H,1H3;4-5H,3H2,1-2H3. The molecular formula is C17H21FN2OS. The van der Waals surface area contributed by atoms with Crippen molar-refractivity contribution < 1.29 is 9.18 Å². The molecule has 0 aliphatic carbocycles. The Kier molecular flexibility index (Phi) is 8.43. The quantitative estimate of drug-likeness (QED) is 0.378. The molecule has 5 heteroatoms. The van der Waals surface area contributed by atoms with E-state index < -0.39 is 5.82 Å². The molecule has 2 rings (SSSR count). The smallest absolute Gasteiger partial charge is 0.153 e. The van der Waals surface area contributed by atoms with Crippen molar-refractivity contribution in [1.82, 2.24) is 10.3 Å². The van der Waals surface area contributed by atoms with Gasteiger partial charge in [-0.05, 0) is 36.7 Å². The van der Waals surface area contributed by atoms with Gasteiger partial charge in [0.15, 0.2) is 6.29 Å². The summed E-state index contributed by atoms with van der Waals surface area (Å²) in [6, 6.07) is 12.7. The predicted octanol–water partition coefficient (Wildman–Crippen LogP) is 3.99. The highest BCUT2D eigenvalue weighted by Gasteiger charge is 2.09. The van der Waals surface area contributed by atoms with Gasteiger partial charge in [0, 0.05) is 5.75 Å². The van der Waals surface area contributed by atoms with Crippen LogP contribution in [0.3, 0.4) is 0 Å². The van der Waals surface area contributed by atoms with Crippen LogP contribution in [0, 0.1) is 12.7 Å². The summed E-state index contributed by atoms with van der Waals surface area (Å²) in [5.41, 5.74) is 5.49. The summed E-state index contributed by atoms with van der Waals surface area (Å²) >= 11 is 1.65. The first-order chi connectivity index (χ1) is 10.7. The highest BCUT2D eigenvalue weighted by molar-refractivity contribution is 7.97. The molecule has 0 saturated heterocycles. The number of nitrogens with one attached hydrogen (secondary N) is 2.